The van der Waals surface area contributed by atoms with E-state index in [2.05, 4.69) is 0 Å². The maximum atomic E-state index is 11.9. The molecule has 4 aromatic rings. The van der Waals surface area contributed by atoms with Crippen molar-refractivity contribution in [2.45, 2.75) is 13.5 Å². The summed E-state index contributed by atoms with van der Waals surface area (Å²) in [6.45, 7) is 2.39. The van der Waals surface area contributed by atoms with Crippen LogP contribution in [0.2, 0.25) is 0 Å². The third-order valence-electron chi connectivity index (χ3n) is 4.79. The summed E-state index contributed by atoms with van der Waals surface area (Å²) < 4.78 is 7.93. The van der Waals surface area contributed by atoms with Gasteiger partial charge in [0.15, 0.2) is 0 Å². The largest absolute Gasteiger partial charge is 0.489 e. The molecular formula is C25H21NO3. The fourth-order valence-corrected chi connectivity index (χ4v) is 3.47. The molecule has 0 spiro atoms. The standard InChI is InChI=1S/C25H21NO3/c1-18-15-23(25(27)28)24(20-11-6-3-7-12-20)26(18)21-13-8-14-22(16-21)29-17-19-9-4-2-5-10-19/h2-16H,17H2,1H3,(H,27,28). The number of carbonyl (C=O) groups is 1. The van der Waals surface area contributed by atoms with Crippen LogP contribution in [0.5, 0.6) is 5.75 Å². The zero-order chi connectivity index (χ0) is 20.2. The smallest absolute Gasteiger partial charge is 0.337 e. The van der Waals surface area contributed by atoms with Gasteiger partial charge in [-0.1, -0.05) is 66.7 Å². The Morgan fingerprint density at radius 1 is 0.897 bits per heavy atom. The van der Waals surface area contributed by atoms with Crippen molar-refractivity contribution in [2.24, 2.45) is 0 Å². The van der Waals surface area contributed by atoms with E-state index in [0.717, 1.165) is 28.3 Å². The molecule has 1 aromatic heterocycles. The van der Waals surface area contributed by atoms with E-state index in [-0.39, 0.29) is 5.56 Å². The summed E-state index contributed by atoms with van der Waals surface area (Å²) in [5.41, 5.74) is 4.60. The second-order valence-electron chi connectivity index (χ2n) is 6.83. The molecule has 0 unspecified atom stereocenters. The summed E-state index contributed by atoms with van der Waals surface area (Å²) in [7, 11) is 0. The van der Waals surface area contributed by atoms with E-state index >= 15 is 0 Å². The summed E-state index contributed by atoms with van der Waals surface area (Å²) in [6.07, 6.45) is 0. The number of rotatable bonds is 6. The topological polar surface area (TPSA) is 51.5 Å². The maximum Gasteiger partial charge on any atom is 0.337 e. The van der Waals surface area contributed by atoms with Gasteiger partial charge >= 0.3 is 5.97 Å². The summed E-state index contributed by atoms with van der Waals surface area (Å²) in [5.74, 6) is -0.211. The third kappa shape index (κ3) is 3.92. The number of hydrogen-bond acceptors (Lipinski definition) is 2. The first kappa shape index (κ1) is 18.6. The highest BCUT2D eigenvalue weighted by Gasteiger charge is 2.20. The Kier molecular flexibility index (Phi) is 5.16. The Hall–Kier alpha value is -3.79. The van der Waals surface area contributed by atoms with Gasteiger partial charge in [0.05, 0.1) is 11.3 Å². The molecule has 0 atom stereocenters. The van der Waals surface area contributed by atoms with Crippen molar-refractivity contribution in [3.8, 4) is 22.7 Å². The lowest BCUT2D eigenvalue weighted by Crippen LogP contribution is -2.03. The number of benzene rings is 3. The van der Waals surface area contributed by atoms with Crippen LogP contribution in [0.3, 0.4) is 0 Å². The Balaban J connectivity index is 1.74. The van der Waals surface area contributed by atoms with Crippen molar-refractivity contribution in [2.75, 3.05) is 0 Å². The number of aromatic carboxylic acids is 1. The van der Waals surface area contributed by atoms with Crippen molar-refractivity contribution in [3.63, 3.8) is 0 Å². The van der Waals surface area contributed by atoms with Gasteiger partial charge in [-0.25, -0.2) is 4.79 Å². The van der Waals surface area contributed by atoms with Gasteiger partial charge in [-0.3, -0.25) is 0 Å². The second kappa shape index (κ2) is 8.07. The summed E-state index contributed by atoms with van der Waals surface area (Å²) in [6, 6.07) is 29.0. The Morgan fingerprint density at radius 2 is 1.59 bits per heavy atom. The highest BCUT2D eigenvalue weighted by atomic mass is 16.5. The molecule has 29 heavy (non-hydrogen) atoms. The van der Waals surface area contributed by atoms with Crippen LogP contribution in [-0.4, -0.2) is 15.6 Å². The first-order valence-corrected chi connectivity index (χ1v) is 9.41. The zero-order valence-corrected chi connectivity index (χ0v) is 16.1. The average molecular weight is 383 g/mol. The minimum atomic E-state index is -0.942. The van der Waals surface area contributed by atoms with Crippen molar-refractivity contribution >= 4 is 5.97 Å². The van der Waals surface area contributed by atoms with Crippen LogP contribution in [0.25, 0.3) is 16.9 Å². The van der Waals surface area contributed by atoms with Gasteiger partial charge in [0, 0.05) is 17.4 Å². The van der Waals surface area contributed by atoms with Crippen molar-refractivity contribution in [1.29, 1.82) is 0 Å². The van der Waals surface area contributed by atoms with E-state index < -0.39 is 5.97 Å². The normalized spacial score (nSPS) is 10.7. The molecule has 0 radical (unpaired) electrons. The molecule has 0 saturated carbocycles. The lowest BCUT2D eigenvalue weighted by atomic mass is 10.1. The van der Waals surface area contributed by atoms with Crippen LogP contribution in [0.1, 0.15) is 21.6 Å². The fourth-order valence-electron chi connectivity index (χ4n) is 3.47. The summed E-state index contributed by atoms with van der Waals surface area (Å²) >= 11 is 0. The number of nitrogens with zero attached hydrogens (tertiary/aromatic N) is 1. The first-order valence-electron chi connectivity index (χ1n) is 9.41. The SMILES string of the molecule is Cc1cc(C(=O)O)c(-c2ccccc2)n1-c1cccc(OCc2ccccc2)c1. The summed E-state index contributed by atoms with van der Waals surface area (Å²) in [5, 5.41) is 9.74. The number of carboxylic acids is 1. The molecule has 0 saturated heterocycles. The fraction of sp³-hybridized carbons (Fsp3) is 0.0800. The van der Waals surface area contributed by atoms with Crippen LogP contribution in [0.15, 0.2) is 91.0 Å². The minimum Gasteiger partial charge on any atom is -0.489 e. The quantitative estimate of drug-likeness (QED) is 0.463. The van der Waals surface area contributed by atoms with Gasteiger partial charge in [-0.2, -0.15) is 0 Å². The minimum absolute atomic E-state index is 0.282. The molecule has 1 N–H and O–H groups in total. The number of aryl methyl sites for hydroxylation is 1. The Bertz CT molecular complexity index is 1130. The van der Waals surface area contributed by atoms with Crippen molar-refractivity contribution in [1.82, 2.24) is 4.57 Å². The lowest BCUT2D eigenvalue weighted by Gasteiger charge is -2.14. The molecule has 4 nitrogen and oxygen atoms in total. The number of ether oxygens (including phenoxy) is 1. The van der Waals surface area contributed by atoms with Gasteiger partial charge in [-0.05, 0) is 36.2 Å². The van der Waals surface area contributed by atoms with E-state index in [4.69, 9.17) is 4.74 Å². The first-order chi connectivity index (χ1) is 14.1. The van der Waals surface area contributed by atoms with Crippen LogP contribution in [0.4, 0.5) is 0 Å². The lowest BCUT2D eigenvalue weighted by molar-refractivity contribution is 0.0698. The monoisotopic (exact) mass is 383 g/mol. The van der Waals surface area contributed by atoms with Crippen LogP contribution < -0.4 is 4.74 Å². The molecule has 4 heteroatoms. The average Bonchev–Trinajstić information content (AvgIpc) is 3.11. The second-order valence-corrected chi connectivity index (χ2v) is 6.83. The van der Waals surface area contributed by atoms with Gasteiger partial charge in [0.2, 0.25) is 0 Å². The summed E-state index contributed by atoms with van der Waals surface area (Å²) in [4.78, 5) is 11.9. The molecule has 0 aliphatic rings. The zero-order valence-electron chi connectivity index (χ0n) is 16.1. The van der Waals surface area contributed by atoms with Gasteiger partial charge in [-0.15, -0.1) is 0 Å². The molecule has 0 amide bonds. The van der Waals surface area contributed by atoms with E-state index in [1.54, 1.807) is 6.07 Å². The molecule has 3 aromatic carbocycles. The van der Waals surface area contributed by atoms with Gasteiger partial charge < -0.3 is 14.4 Å². The van der Waals surface area contributed by atoms with E-state index in [0.29, 0.717) is 12.3 Å². The van der Waals surface area contributed by atoms with E-state index in [1.165, 1.54) is 0 Å². The Morgan fingerprint density at radius 3 is 2.28 bits per heavy atom. The molecule has 1 heterocycles. The number of aromatic nitrogens is 1. The molecule has 144 valence electrons. The molecule has 0 fully saturated rings. The van der Waals surface area contributed by atoms with Crippen LogP contribution >= 0.6 is 0 Å². The van der Waals surface area contributed by atoms with E-state index in [9.17, 15) is 9.90 Å². The molecule has 4 rings (SSSR count). The molecular weight excluding hydrogens is 362 g/mol. The third-order valence-corrected chi connectivity index (χ3v) is 4.79. The highest BCUT2D eigenvalue weighted by molar-refractivity contribution is 5.96. The van der Waals surface area contributed by atoms with Gasteiger partial charge in [0.25, 0.3) is 0 Å². The van der Waals surface area contributed by atoms with E-state index in [1.807, 2.05) is 96.4 Å². The highest BCUT2D eigenvalue weighted by Crippen LogP contribution is 2.32. The molecule has 0 aliphatic heterocycles. The van der Waals surface area contributed by atoms with Crippen LogP contribution in [0, 0.1) is 6.92 Å². The predicted octanol–water partition coefficient (Wildman–Crippen LogP) is 5.73. The Labute approximate surface area is 169 Å². The predicted molar refractivity (Wildman–Crippen MR) is 114 cm³/mol. The number of hydrogen-bond donors (Lipinski definition) is 1. The molecule has 0 aliphatic carbocycles. The maximum absolute atomic E-state index is 11.9. The molecule has 0 bridgehead atoms. The number of carboxylic acid groups (broad SMARTS) is 1. The van der Waals surface area contributed by atoms with Crippen molar-refractivity contribution in [3.05, 3.63) is 108 Å². The van der Waals surface area contributed by atoms with Crippen LogP contribution in [-0.2, 0) is 6.61 Å². The van der Waals surface area contributed by atoms with Crippen molar-refractivity contribution < 1.29 is 14.6 Å². The van der Waals surface area contributed by atoms with Gasteiger partial charge in [0.1, 0.15) is 12.4 Å².